The van der Waals surface area contributed by atoms with Gasteiger partial charge in [0.05, 0.1) is 5.75 Å². The van der Waals surface area contributed by atoms with Gasteiger partial charge in [0.1, 0.15) is 21.5 Å². The molecular formula is C14H18N4O2S. The van der Waals surface area contributed by atoms with Gasteiger partial charge in [-0.1, -0.05) is 30.3 Å². The topological polar surface area (TPSA) is 89.2 Å². The van der Waals surface area contributed by atoms with Gasteiger partial charge >= 0.3 is 0 Å². The van der Waals surface area contributed by atoms with Crippen LogP contribution in [0.2, 0.25) is 0 Å². The van der Waals surface area contributed by atoms with Crippen LogP contribution in [0.4, 0.5) is 11.6 Å². The molecule has 0 fully saturated rings. The maximum atomic E-state index is 11.2. The Balaban J connectivity index is 2.27. The molecule has 0 aliphatic heterocycles. The van der Waals surface area contributed by atoms with Crippen LogP contribution in [0.3, 0.4) is 0 Å². The average molecular weight is 306 g/mol. The number of nitrogens with zero attached hydrogens (tertiary/aromatic N) is 3. The standard InChI is InChI=1S/C14H18N4O2S/c1-18(8-9-21(2,19)20)13-10-12(15)16-14(17-13)11-6-4-3-5-7-11/h3-7,10H,8-9H2,1-2H3,(H2,15,16,17). The summed E-state index contributed by atoms with van der Waals surface area (Å²) in [5.41, 5.74) is 6.68. The summed E-state index contributed by atoms with van der Waals surface area (Å²) in [6.45, 7) is 0.351. The minimum atomic E-state index is -3.02. The van der Waals surface area contributed by atoms with Crippen LogP contribution in [-0.2, 0) is 9.84 Å². The Hall–Kier alpha value is -2.15. The summed E-state index contributed by atoms with van der Waals surface area (Å²) in [7, 11) is -1.24. The molecule has 2 aromatic rings. The van der Waals surface area contributed by atoms with Crippen molar-refractivity contribution in [3.05, 3.63) is 36.4 Å². The molecule has 0 bridgehead atoms. The van der Waals surface area contributed by atoms with Crippen molar-refractivity contribution in [1.29, 1.82) is 0 Å². The quantitative estimate of drug-likeness (QED) is 0.893. The Morgan fingerprint density at radius 3 is 2.48 bits per heavy atom. The van der Waals surface area contributed by atoms with E-state index in [-0.39, 0.29) is 5.75 Å². The summed E-state index contributed by atoms with van der Waals surface area (Å²) in [5, 5.41) is 0. The number of rotatable bonds is 5. The number of nitrogens with two attached hydrogens (primary N) is 1. The number of hydrogen-bond acceptors (Lipinski definition) is 6. The van der Waals surface area contributed by atoms with Gasteiger partial charge in [-0.15, -0.1) is 0 Å². The lowest BCUT2D eigenvalue weighted by atomic mass is 10.2. The molecule has 0 radical (unpaired) electrons. The molecule has 1 aromatic heterocycles. The van der Waals surface area contributed by atoms with E-state index in [9.17, 15) is 8.42 Å². The molecule has 0 aliphatic carbocycles. The van der Waals surface area contributed by atoms with Gasteiger partial charge < -0.3 is 10.6 Å². The van der Waals surface area contributed by atoms with Crippen molar-refractivity contribution in [2.75, 3.05) is 36.2 Å². The largest absolute Gasteiger partial charge is 0.384 e. The Labute approximate surface area is 124 Å². The molecular weight excluding hydrogens is 288 g/mol. The van der Waals surface area contributed by atoms with Crippen LogP contribution < -0.4 is 10.6 Å². The van der Waals surface area contributed by atoms with Gasteiger partial charge in [-0.25, -0.2) is 18.4 Å². The zero-order valence-corrected chi connectivity index (χ0v) is 12.8. The van der Waals surface area contributed by atoms with Crippen molar-refractivity contribution < 1.29 is 8.42 Å². The first-order valence-electron chi connectivity index (χ1n) is 6.44. The maximum Gasteiger partial charge on any atom is 0.163 e. The molecule has 0 atom stereocenters. The van der Waals surface area contributed by atoms with Gasteiger partial charge in [0.2, 0.25) is 0 Å². The van der Waals surface area contributed by atoms with Crippen molar-refractivity contribution in [2.24, 2.45) is 0 Å². The fraction of sp³-hybridized carbons (Fsp3) is 0.286. The lowest BCUT2D eigenvalue weighted by Crippen LogP contribution is -2.26. The molecule has 0 aliphatic rings. The first-order chi connectivity index (χ1) is 9.85. The molecule has 1 aromatic carbocycles. The zero-order chi connectivity index (χ0) is 15.5. The van der Waals surface area contributed by atoms with E-state index in [4.69, 9.17) is 5.73 Å². The second-order valence-electron chi connectivity index (χ2n) is 4.89. The highest BCUT2D eigenvalue weighted by Crippen LogP contribution is 2.20. The normalized spacial score (nSPS) is 11.3. The first kappa shape index (κ1) is 15.2. The molecule has 1 heterocycles. The molecule has 7 heteroatoms. The third-order valence-corrected chi connectivity index (χ3v) is 3.88. The maximum absolute atomic E-state index is 11.2. The second-order valence-corrected chi connectivity index (χ2v) is 7.15. The Kier molecular flexibility index (Phi) is 4.42. The summed E-state index contributed by atoms with van der Waals surface area (Å²) in [4.78, 5) is 10.4. The van der Waals surface area contributed by atoms with Crippen molar-refractivity contribution in [3.63, 3.8) is 0 Å². The van der Waals surface area contributed by atoms with E-state index in [1.165, 1.54) is 6.26 Å². The first-order valence-corrected chi connectivity index (χ1v) is 8.50. The van der Waals surface area contributed by atoms with E-state index >= 15 is 0 Å². The highest BCUT2D eigenvalue weighted by atomic mass is 32.2. The summed E-state index contributed by atoms with van der Waals surface area (Å²) in [6.07, 6.45) is 1.21. The highest BCUT2D eigenvalue weighted by molar-refractivity contribution is 7.90. The number of aromatic nitrogens is 2. The number of anilines is 2. The van der Waals surface area contributed by atoms with Crippen LogP contribution in [0.5, 0.6) is 0 Å². The SMILES string of the molecule is CN(CCS(C)(=O)=O)c1cc(N)nc(-c2ccccc2)n1. The molecule has 0 saturated heterocycles. The van der Waals surface area contributed by atoms with Gasteiger partial charge in [0.25, 0.3) is 0 Å². The van der Waals surface area contributed by atoms with E-state index < -0.39 is 9.84 Å². The van der Waals surface area contributed by atoms with E-state index in [1.807, 2.05) is 30.3 Å². The summed E-state index contributed by atoms with van der Waals surface area (Å²) >= 11 is 0. The molecule has 112 valence electrons. The van der Waals surface area contributed by atoms with Crippen LogP contribution in [-0.4, -0.2) is 44.0 Å². The van der Waals surface area contributed by atoms with Crippen LogP contribution in [0.25, 0.3) is 11.4 Å². The molecule has 6 nitrogen and oxygen atoms in total. The highest BCUT2D eigenvalue weighted by Gasteiger charge is 2.11. The number of nitrogen functional groups attached to an aromatic ring is 1. The van der Waals surface area contributed by atoms with E-state index in [0.29, 0.717) is 24.0 Å². The van der Waals surface area contributed by atoms with E-state index in [0.717, 1.165) is 5.56 Å². The van der Waals surface area contributed by atoms with Crippen molar-refractivity contribution >= 4 is 21.5 Å². The summed E-state index contributed by atoms with van der Waals surface area (Å²) in [6, 6.07) is 11.1. The van der Waals surface area contributed by atoms with Crippen LogP contribution in [0.15, 0.2) is 36.4 Å². The lowest BCUT2D eigenvalue weighted by Gasteiger charge is -2.18. The molecule has 0 amide bonds. The Bertz CT molecular complexity index is 717. The van der Waals surface area contributed by atoms with Gasteiger partial charge in [-0.3, -0.25) is 0 Å². The van der Waals surface area contributed by atoms with E-state index in [2.05, 4.69) is 9.97 Å². The van der Waals surface area contributed by atoms with Gasteiger partial charge in [0.15, 0.2) is 5.82 Å². The molecule has 2 N–H and O–H groups in total. The predicted molar refractivity (Wildman–Crippen MR) is 84.9 cm³/mol. The molecule has 0 unspecified atom stereocenters. The number of benzene rings is 1. The fourth-order valence-electron chi connectivity index (χ4n) is 1.78. The van der Waals surface area contributed by atoms with Crippen molar-refractivity contribution in [2.45, 2.75) is 0 Å². The van der Waals surface area contributed by atoms with Gasteiger partial charge in [-0.2, -0.15) is 0 Å². The molecule has 2 rings (SSSR count). The third-order valence-electron chi connectivity index (χ3n) is 2.95. The van der Waals surface area contributed by atoms with E-state index in [1.54, 1.807) is 18.0 Å². The predicted octanol–water partition coefficient (Wildman–Crippen LogP) is 1.21. The van der Waals surface area contributed by atoms with Crippen LogP contribution in [0.1, 0.15) is 0 Å². The minimum Gasteiger partial charge on any atom is -0.384 e. The van der Waals surface area contributed by atoms with Gasteiger partial charge in [0, 0.05) is 31.5 Å². The smallest absolute Gasteiger partial charge is 0.163 e. The average Bonchev–Trinajstić information content (AvgIpc) is 2.44. The zero-order valence-electron chi connectivity index (χ0n) is 12.0. The lowest BCUT2D eigenvalue weighted by molar-refractivity contribution is 0.601. The monoisotopic (exact) mass is 306 g/mol. The Morgan fingerprint density at radius 1 is 1.19 bits per heavy atom. The molecule has 21 heavy (non-hydrogen) atoms. The second kappa shape index (κ2) is 6.09. The third kappa shape index (κ3) is 4.42. The van der Waals surface area contributed by atoms with Crippen LogP contribution >= 0.6 is 0 Å². The fourth-order valence-corrected chi connectivity index (χ4v) is 2.39. The minimum absolute atomic E-state index is 0.0636. The van der Waals surface area contributed by atoms with Crippen LogP contribution in [0, 0.1) is 0 Å². The molecule has 0 spiro atoms. The summed E-state index contributed by atoms with van der Waals surface area (Å²) < 4.78 is 22.5. The molecule has 0 saturated carbocycles. The van der Waals surface area contributed by atoms with Crippen molar-refractivity contribution in [1.82, 2.24) is 9.97 Å². The summed E-state index contributed by atoms with van der Waals surface area (Å²) in [5.74, 6) is 1.54. The van der Waals surface area contributed by atoms with Crippen molar-refractivity contribution in [3.8, 4) is 11.4 Å². The number of hydrogen-bond donors (Lipinski definition) is 1. The van der Waals surface area contributed by atoms with Gasteiger partial charge in [-0.05, 0) is 0 Å². The Morgan fingerprint density at radius 2 is 1.86 bits per heavy atom. The number of sulfone groups is 1.